The molecule has 0 radical (unpaired) electrons. The number of hydrogen-bond acceptors (Lipinski definition) is 1. The Balaban J connectivity index is 1.87. The molecule has 0 aromatic heterocycles. The molecule has 2 aromatic rings. The van der Waals surface area contributed by atoms with Gasteiger partial charge in [-0.2, -0.15) is 0 Å². The zero-order valence-corrected chi connectivity index (χ0v) is 12.1. The Bertz CT molecular complexity index is 581. The summed E-state index contributed by atoms with van der Waals surface area (Å²) in [7, 11) is 0. The summed E-state index contributed by atoms with van der Waals surface area (Å²) in [5.41, 5.74) is 2.80. The van der Waals surface area contributed by atoms with E-state index >= 15 is 0 Å². The normalized spacial score (nSPS) is 10.1. The van der Waals surface area contributed by atoms with Gasteiger partial charge in [0, 0.05) is 17.8 Å². The van der Waals surface area contributed by atoms with E-state index in [-0.39, 0.29) is 5.82 Å². The number of aryl methyl sites for hydroxylation is 1. The molecule has 0 unspecified atom stereocenters. The lowest BCUT2D eigenvalue weighted by Gasteiger charge is -2.11. The zero-order valence-electron chi connectivity index (χ0n) is 11.3. The number of halogens is 1. The molecular formula is C16H17FN2S. The van der Waals surface area contributed by atoms with Crippen molar-refractivity contribution in [2.45, 2.75) is 19.9 Å². The lowest BCUT2D eigenvalue weighted by molar-refractivity contribution is 0.606. The van der Waals surface area contributed by atoms with E-state index in [1.807, 2.05) is 12.1 Å². The fraction of sp³-hybridized carbons (Fsp3) is 0.188. The predicted molar refractivity (Wildman–Crippen MR) is 85.3 cm³/mol. The maximum absolute atomic E-state index is 13.4. The quantitative estimate of drug-likeness (QED) is 0.835. The number of rotatable bonds is 4. The highest BCUT2D eigenvalue weighted by Crippen LogP contribution is 2.10. The summed E-state index contributed by atoms with van der Waals surface area (Å²) < 4.78 is 13.4. The van der Waals surface area contributed by atoms with Crippen LogP contribution >= 0.6 is 12.2 Å². The summed E-state index contributed by atoms with van der Waals surface area (Å²) in [5.74, 6) is -0.227. The van der Waals surface area contributed by atoms with Crippen LogP contribution in [0.3, 0.4) is 0 Å². The third-order valence-electron chi connectivity index (χ3n) is 3.02. The monoisotopic (exact) mass is 288 g/mol. The molecule has 0 saturated heterocycles. The van der Waals surface area contributed by atoms with Crippen molar-refractivity contribution in [2.24, 2.45) is 0 Å². The SMILES string of the molecule is CCc1ccc(NC(=S)NCc2ccccc2F)cc1. The van der Waals surface area contributed by atoms with E-state index in [1.54, 1.807) is 18.2 Å². The number of hydrogen-bond donors (Lipinski definition) is 2. The number of thiocarbonyl (C=S) groups is 1. The van der Waals surface area contributed by atoms with Crippen molar-refractivity contribution in [3.05, 3.63) is 65.5 Å². The van der Waals surface area contributed by atoms with Crippen molar-refractivity contribution in [3.63, 3.8) is 0 Å². The van der Waals surface area contributed by atoms with Crippen molar-refractivity contribution in [1.82, 2.24) is 5.32 Å². The Morgan fingerprint density at radius 1 is 1.10 bits per heavy atom. The van der Waals surface area contributed by atoms with E-state index in [0.29, 0.717) is 17.2 Å². The molecule has 2 aromatic carbocycles. The van der Waals surface area contributed by atoms with Gasteiger partial charge in [0.15, 0.2) is 5.11 Å². The first-order valence-corrected chi connectivity index (χ1v) is 6.97. The molecular weight excluding hydrogens is 271 g/mol. The van der Waals surface area contributed by atoms with Crippen molar-refractivity contribution in [1.29, 1.82) is 0 Å². The van der Waals surface area contributed by atoms with Gasteiger partial charge >= 0.3 is 0 Å². The van der Waals surface area contributed by atoms with E-state index < -0.39 is 0 Å². The van der Waals surface area contributed by atoms with Crippen LogP contribution in [0.4, 0.5) is 10.1 Å². The Morgan fingerprint density at radius 2 is 1.80 bits per heavy atom. The third kappa shape index (κ3) is 4.03. The number of anilines is 1. The summed E-state index contributed by atoms with van der Waals surface area (Å²) in [6.07, 6.45) is 1.01. The van der Waals surface area contributed by atoms with E-state index in [1.165, 1.54) is 11.6 Å². The summed E-state index contributed by atoms with van der Waals surface area (Å²) in [6.45, 7) is 2.48. The first kappa shape index (κ1) is 14.5. The molecule has 0 saturated carbocycles. The van der Waals surface area contributed by atoms with E-state index in [9.17, 15) is 4.39 Å². The first-order chi connectivity index (χ1) is 9.69. The predicted octanol–water partition coefficient (Wildman–Crippen LogP) is 3.87. The lowest BCUT2D eigenvalue weighted by Crippen LogP contribution is -2.28. The molecule has 0 atom stereocenters. The van der Waals surface area contributed by atoms with E-state index in [4.69, 9.17) is 12.2 Å². The molecule has 4 heteroatoms. The van der Waals surface area contributed by atoms with Gasteiger partial charge in [-0.1, -0.05) is 37.3 Å². The largest absolute Gasteiger partial charge is 0.358 e. The van der Waals surface area contributed by atoms with Crippen LogP contribution in [0.1, 0.15) is 18.1 Å². The molecule has 2 nitrogen and oxygen atoms in total. The van der Waals surface area contributed by atoms with E-state index in [0.717, 1.165) is 12.1 Å². The Hall–Kier alpha value is -1.94. The molecule has 2 rings (SSSR count). The number of nitrogens with one attached hydrogen (secondary N) is 2. The van der Waals surface area contributed by atoms with E-state index in [2.05, 4.69) is 29.7 Å². The van der Waals surface area contributed by atoms with Crippen LogP contribution in [0, 0.1) is 5.82 Å². The molecule has 0 fully saturated rings. The number of benzene rings is 2. The molecule has 0 spiro atoms. The summed E-state index contributed by atoms with van der Waals surface area (Å²) in [4.78, 5) is 0. The summed E-state index contributed by atoms with van der Waals surface area (Å²) in [6, 6.07) is 14.7. The molecule has 2 N–H and O–H groups in total. The molecule has 0 aliphatic heterocycles. The van der Waals surface area contributed by atoms with Gasteiger partial charge in [0.05, 0.1) is 0 Å². The molecule has 0 heterocycles. The van der Waals surface area contributed by atoms with Gasteiger partial charge in [-0.25, -0.2) is 4.39 Å². The highest BCUT2D eigenvalue weighted by Gasteiger charge is 2.02. The van der Waals surface area contributed by atoms with Gasteiger partial charge < -0.3 is 10.6 Å². The summed E-state index contributed by atoms with van der Waals surface area (Å²) >= 11 is 5.20. The standard InChI is InChI=1S/C16H17FN2S/c1-2-12-7-9-14(10-8-12)19-16(20)18-11-13-5-3-4-6-15(13)17/h3-10H,2,11H2,1H3,(H2,18,19,20). The fourth-order valence-corrected chi connectivity index (χ4v) is 2.01. The molecule has 0 bridgehead atoms. The molecule has 104 valence electrons. The molecule has 20 heavy (non-hydrogen) atoms. The average Bonchev–Trinajstić information content (AvgIpc) is 2.47. The van der Waals surface area contributed by atoms with Crippen LogP contribution in [0.25, 0.3) is 0 Å². The maximum Gasteiger partial charge on any atom is 0.171 e. The van der Waals surface area contributed by atoms with Gasteiger partial charge in [0.25, 0.3) is 0 Å². The van der Waals surface area contributed by atoms with Crippen LogP contribution in [0.5, 0.6) is 0 Å². The smallest absolute Gasteiger partial charge is 0.171 e. The van der Waals surface area contributed by atoms with Gasteiger partial charge in [-0.15, -0.1) is 0 Å². The zero-order chi connectivity index (χ0) is 14.4. The van der Waals surface area contributed by atoms with Crippen LogP contribution in [-0.2, 0) is 13.0 Å². The van der Waals surface area contributed by atoms with Gasteiger partial charge in [-0.05, 0) is 42.4 Å². The Morgan fingerprint density at radius 3 is 2.45 bits per heavy atom. The van der Waals surface area contributed by atoms with Crippen molar-refractivity contribution in [3.8, 4) is 0 Å². The van der Waals surface area contributed by atoms with Crippen LogP contribution in [0.2, 0.25) is 0 Å². The highest BCUT2D eigenvalue weighted by atomic mass is 32.1. The second kappa shape index (κ2) is 7.01. The fourth-order valence-electron chi connectivity index (χ4n) is 1.82. The van der Waals surface area contributed by atoms with Crippen LogP contribution in [-0.4, -0.2) is 5.11 Å². The Kier molecular flexibility index (Phi) is 5.07. The average molecular weight is 288 g/mol. The summed E-state index contributed by atoms with van der Waals surface area (Å²) in [5, 5.41) is 6.56. The second-order valence-corrected chi connectivity index (χ2v) is 4.86. The van der Waals surface area contributed by atoms with Gasteiger partial charge in [0.1, 0.15) is 5.82 Å². The van der Waals surface area contributed by atoms with Gasteiger partial charge in [-0.3, -0.25) is 0 Å². The Labute approximate surface area is 124 Å². The van der Waals surface area contributed by atoms with Crippen molar-refractivity contribution in [2.75, 3.05) is 5.32 Å². The minimum absolute atomic E-state index is 0.227. The van der Waals surface area contributed by atoms with Gasteiger partial charge in [0.2, 0.25) is 0 Å². The van der Waals surface area contributed by atoms with Crippen LogP contribution in [0.15, 0.2) is 48.5 Å². The topological polar surface area (TPSA) is 24.1 Å². The van der Waals surface area contributed by atoms with Crippen molar-refractivity contribution < 1.29 is 4.39 Å². The van der Waals surface area contributed by atoms with Crippen LogP contribution < -0.4 is 10.6 Å². The minimum atomic E-state index is -0.227. The minimum Gasteiger partial charge on any atom is -0.358 e. The molecule has 0 aliphatic rings. The highest BCUT2D eigenvalue weighted by molar-refractivity contribution is 7.80. The molecule has 0 amide bonds. The lowest BCUT2D eigenvalue weighted by atomic mass is 10.1. The first-order valence-electron chi connectivity index (χ1n) is 6.56. The maximum atomic E-state index is 13.4. The second-order valence-electron chi connectivity index (χ2n) is 4.45. The molecule has 0 aliphatic carbocycles. The van der Waals surface area contributed by atoms with Crippen molar-refractivity contribution >= 4 is 23.0 Å². The third-order valence-corrected chi connectivity index (χ3v) is 3.26.